The van der Waals surface area contributed by atoms with Crippen molar-refractivity contribution in [3.63, 3.8) is 0 Å². The van der Waals surface area contributed by atoms with Crippen molar-refractivity contribution in [3.8, 4) is 0 Å². The van der Waals surface area contributed by atoms with Crippen LogP contribution < -0.4 is 5.73 Å². The van der Waals surface area contributed by atoms with Gasteiger partial charge in [0.15, 0.2) is 0 Å². The maximum atomic E-state index is 5.76. The quantitative estimate of drug-likeness (QED) is 0.792. The van der Waals surface area contributed by atoms with Crippen molar-refractivity contribution in [2.24, 2.45) is 11.1 Å². The van der Waals surface area contributed by atoms with E-state index in [2.05, 4.69) is 11.8 Å². The molecule has 2 heterocycles. The predicted octanol–water partition coefficient (Wildman–Crippen LogP) is 1.45. The zero-order chi connectivity index (χ0) is 10.0. The van der Waals surface area contributed by atoms with E-state index >= 15 is 0 Å². The number of hydrogen-bond donors (Lipinski definition) is 1. The van der Waals surface area contributed by atoms with Gasteiger partial charge in [0.05, 0.1) is 12.5 Å². The standard InChI is InChI=1S/C11H18N2O/c1-11(8-12)3-4-13(9-11)6-10-2-5-14-7-10/h2,5,7H,3-4,6,8-9,12H2,1H3. The topological polar surface area (TPSA) is 42.4 Å². The summed E-state index contributed by atoms with van der Waals surface area (Å²) < 4.78 is 5.05. The van der Waals surface area contributed by atoms with E-state index in [1.54, 1.807) is 6.26 Å². The second kappa shape index (κ2) is 3.75. The zero-order valence-electron chi connectivity index (χ0n) is 8.70. The lowest BCUT2D eigenvalue weighted by Gasteiger charge is -2.22. The Morgan fingerprint density at radius 3 is 3.07 bits per heavy atom. The van der Waals surface area contributed by atoms with Crippen LogP contribution in [0.5, 0.6) is 0 Å². The molecule has 0 saturated carbocycles. The van der Waals surface area contributed by atoms with Crippen molar-refractivity contribution in [3.05, 3.63) is 24.2 Å². The normalized spacial score (nSPS) is 28.4. The molecule has 1 unspecified atom stereocenters. The first kappa shape index (κ1) is 9.74. The van der Waals surface area contributed by atoms with Crippen molar-refractivity contribution in [2.45, 2.75) is 19.9 Å². The highest BCUT2D eigenvalue weighted by Crippen LogP contribution is 2.29. The van der Waals surface area contributed by atoms with Gasteiger partial charge in [0.2, 0.25) is 0 Å². The van der Waals surface area contributed by atoms with Crippen LogP contribution in [0.4, 0.5) is 0 Å². The van der Waals surface area contributed by atoms with Crippen LogP contribution in [0.3, 0.4) is 0 Å². The molecule has 1 aliphatic heterocycles. The Kier molecular flexibility index (Phi) is 2.61. The van der Waals surface area contributed by atoms with Crippen molar-refractivity contribution < 1.29 is 4.42 Å². The molecule has 0 bridgehead atoms. The van der Waals surface area contributed by atoms with Crippen molar-refractivity contribution in [1.82, 2.24) is 4.90 Å². The van der Waals surface area contributed by atoms with E-state index < -0.39 is 0 Å². The van der Waals surface area contributed by atoms with E-state index in [4.69, 9.17) is 10.2 Å². The van der Waals surface area contributed by atoms with Gasteiger partial charge in [0.1, 0.15) is 0 Å². The van der Waals surface area contributed by atoms with E-state index in [-0.39, 0.29) is 0 Å². The van der Waals surface area contributed by atoms with E-state index in [9.17, 15) is 0 Å². The van der Waals surface area contributed by atoms with Gasteiger partial charge in [-0.25, -0.2) is 0 Å². The molecule has 1 aliphatic rings. The third-order valence-corrected chi connectivity index (χ3v) is 3.12. The number of hydrogen-bond acceptors (Lipinski definition) is 3. The van der Waals surface area contributed by atoms with Crippen LogP contribution in [0.15, 0.2) is 23.0 Å². The number of nitrogens with zero attached hydrogens (tertiary/aromatic N) is 1. The maximum Gasteiger partial charge on any atom is 0.0947 e. The molecule has 78 valence electrons. The van der Waals surface area contributed by atoms with Crippen LogP contribution in [-0.4, -0.2) is 24.5 Å². The minimum Gasteiger partial charge on any atom is -0.472 e. The van der Waals surface area contributed by atoms with Crippen molar-refractivity contribution in [1.29, 1.82) is 0 Å². The Bertz CT molecular complexity index is 283. The highest BCUT2D eigenvalue weighted by molar-refractivity contribution is 5.05. The zero-order valence-corrected chi connectivity index (χ0v) is 8.70. The summed E-state index contributed by atoms with van der Waals surface area (Å²) >= 11 is 0. The summed E-state index contributed by atoms with van der Waals surface area (Å²) in [7, 11) is 0. The average molecular weight is 194 g/mol. The first-order valence-corrected chi connectivity index (χ1v) is 5.15. The summed E-state index contributed by atoms with van der Waals surface area (Å²) in [6, 6.07) is 2.03. The first-order valence-electron chi connectivity index (χ1n) is 5.15. The molecular formula is C11H18N2O. The first-order chi connectivity index (χ1) is 6.72. The molecule has 0 spiro atoms. The van der Waals surface area contributed by atoms with Crippen LogP contribution in [0.2, 0.25) is 0 Å². The molecule has 1 fully saturated rings. The fourth-order valence-electron chi connectivity index (χ4n) is 2.07. The molecule has 1 atom stereocenters. The Balaban J connectivity index is 1.90. The molecule has 2 rings (SSSR count). The molecule has 0 radical (unpaired) electrons. The second-order valence-corrected chi connectivity index (χ2v) is 4.61. The van der Waals surface area contributed by atoms with Crippen LogP contribution in [0.1, 0.15) is 18.9 Å². The minimum absolute atomic E-state index is 0.323. The highest BCUT2D eigenvalue weighted by Gasteiger charge is 2.32. The van der Waals surface area contributed by atoms with Gasteiger partial charge in [0, 0.05) is 18.7 Å². The molecule has 0 aromatic carbocycles. The summed E-state index contributed by atoms with van der Waals surface area (Å²) in [5.41, 5.74) is 7.34. The lowest BCUT2D eigenvalue weighted by Crippen LogP contribution is -2.31. The summed E-state index contributed by atoms with van der Waals surface area (Å²) in [4.78, 5) is 2.44. The molecule has 1 aromatic rings. The lowest BCUT2D eigenvalue weighted by atomic mass is 9.90. The molecule has 3 heteroatoms. The molecule has 14 heavy (non-hydrogen) atoms. The summed E-state index contributed by atoms with van der Waals surface area (Å²) in [5.74, 6) is 0. The molecule has 0 aliphatic carbocycles. The van der Waals surface area contributed by atoms with Gasteiger partial charge in [0.25, 0.3) is 0 Å². The number of rotatable bonds is 3. The predicted molar refractivity (Wildman–Crippen MR) is 55.8 cm³/mol. The molecule has 3 nitrogen and oxygen atoms in total. The molecular weight excluding hydrogens is 176 g/mol. The Hall–Kier alpha value is -0.800. The fourth-order valence-corrected chi connectivity index (χ4v) is 2.07. The fraction of sp³-hybridized carbons (Fsp3) is 0.636. The van der Waals surface area contributed by atoms with E-state index in [0.29, 0.717) is 5.41 Å². The highest BCUT2D eigenvalue weighted by atomic mass is 16.3. The third kappa shape index (κ3) is 1.99. The van der Waals surface area contributed by atoms with E-state index in [1.165, 1.54) is 12.0 Å². The summed E-state index contributed by atoms with van der Waals surface area (Å²) in [6.07, 6.45) is 4.76. The van der Waals surface area contributed by atoms with Gasteiger partial charge in [-0.2, -0.15) is 0 Å². The summed E-state index contributed by atoms with van der Waals surface area (Å²) in [6.45, 7) is 6.30. The largest absolute Gasteiger partial charge is 0.472 e. The second-order valence-electron chi connectivity index (χ2n) is 4.61. The number of furan rings is 1. The van der Waals surface area contributed by atoms with Gasteiger partial charge in [-0.1, -0.05) is 6.92 Å². The van der Waals surface area contributed by atoms with Crippen LogP contribution in [0.25, 0.3) is 0 Å². The van der Waals surface area contributed by atoms with Crippen molar-refractivity contribution >= 4 is 0 Å². The molecule has 1 aromatic heterocycles. The van der Waals surface area contributed by atoms with E-state index in [1.807, 2.05) is 12.3 Å². The smallest absolute Gasteiger partial charge is 0.0947 e. The monoisotopic (exact) mass is 194 g/mol. The maximum absolute atomic E-state index is 5.76. The number of nitrogens with two attached hydrogens (primary N) is 1. The van der Waals surface area contributed by atoms with Gasteiger partial charge in [-0.3, -0.25) is 4.90 Å². The molecule has 0 amide bonds. The Morgan fingerprint density at radius 2 is 2.50 bits per heavy atom. The van der Waals surface area contributed by atoms with Gasteiger partial charge in [-0.15, -0.1) is 0 Å². The van der Waals surface area contributed by atoms with Gasteiger partial charge >= 0.3 is 0 Å². The number of likely N-dealkylation sites (tertiary alicyclic amines) is 1. The Morgan fingerprint density at radius 1 is 1.64 bits per heavy atom. The Labute approximate surface area is 84.9 Å². The van der Waals surface area contributed by atoms with Gasteiger partial charge < -0.3 is 10.2 Å². The third-order valence-electron chi connectivity index (χ3n) is 3.12. The summed E-state index contributed by atoms with van der Waals surface area (Å²) in [5, 5.41) is 0. The minimum atomic E-state index is 0.323. The SMILES string of the molecule is CC1(CN)CCN(Cc2ccoc2)C1. The van der Waals surface area contributed by atoms with Crippen LogP contribution >= 0.6 is 0 Å². The van der Waals surface area contributed by atoms with Gasteiger partial charge in [-0.05, 0) is 31.0 Å². The van der Waals surface area contributed by atoms with Crippen LogP contribution in [0, 0.1) is 5.41 Å². The average Bonchev–Trinajstić information content (AvgIpc) is 2.78. The molecule has 2 N–H and O–H groups in total. The lowest BCUT2D eigenvalue weighted by molar-refractivity contribution is 0.274. The molecule has 1 saturated heterocycles. The van der Waals surface area contributed by atoms with Crippen LogP contribution in [-0.2, 0) is 6.54 Å². The van der Waals surface area contributed by atoms with E-state index in [0.717, 1.165) is 26.2 Å². The van der Waals surface area contributed by atoms with Crippen molar-refractivity contribution in [2.75, 3.05) is 19.6 Å².